The molecule has 5 nitrogen and oxygen atoms in total. The molecule has 0 bridgehead atoms. The molecule has 0 N–H and O–H groups in total. The van der Waals surface area contributed by atoms with Crippen molar-refractivity contribution < 1.29 is 49.0 Å². The summed E-state index contributed by atoms with van der Waals surface area (Å²) >= 11 is 0. The number of hydrogen-bond donors (Lipinski definition) is 0. The molecule has 1 fully saturated rings. The number of benzene rings is 1. The fourth-order valence-electron chi connectivity index (χ4n) is 2.70. The number of methoxy groups -OCH3 is 1. The van der Waals surface area contributed by atoms with Crippen molar-refractivity contribution in [3.8, 4) is 5.75 Å². The van der Waals surface area contributed by atoms with Gasteiger partial charge in [-0.2, -0.15) is 0 Å². The van der Waals surface area contributed by atoms with E-state index in [-0.39, 0.29) is 47.2 Å². The van der Waals surface area contributed by atoms with Crippen LogP contribution in [0.2, 0.25) is 0 Å². The number of aliphatic carboxylic acids is 1. The molecule has 1 aromatic rings. The minimum absolute atomic E-state index is 0. The number of hydrogen-bond acceptors (Lipinski definition) is 4. The van der Waals surface area contributed by atoms with Crippen molar-refractivity contribution in [2.45, 2.75) is 18.9 Å². The molecule has 0 aromatic heterocycles. The van der Waals surface area contributed by atoms with E-state index in [0.717, 1.165) is 5.56 Å². The summed E-state index contributed by atoms with van der Waals surface area (Å²) in [6, 6.07) is 7.12. The van der Waals surface area contributed by atoms with Gasteiger partial charge in [-0.15, -0.1) is 0 Å². The summed E-state index contributed by atoms with van der Waals surface area (Å²) in [6.45, 7) is 0. The molecule has 2 aliphatic rings. The quantitative estimate of drug-likeness (QED) is 0.442. The van der Waals surface area contributed by atoms with Crippen LogP contribution in [0.4, 0.5) is 0 Å². The van der Waals surface area contributed by atoms with E-state index in [2.05, 4.69) is 0 Å². The number of fused-ring (bicyclic) bond motifs is 1. The van der Waals surface area contributed by atoms with E-state index in [0.29, 0.717) is 24.2 Å². The zero-order valence-electron chi connectivity index (χ0n) is 11.4. The summed E-state index contributed by atoms with van der Waals surface area (Å²) in [5.41, 5.74) is 1.48. The Labute approximate surface area is 138 Å². The van der Waals surface area contributed by atoms with Gasteiger partial charge in [0.1, 0.15) is 5.75 Å². The van der Waals surface area contributed by atoms with Gasteiger partial charge in [0.2, 0.25) is 5.91 Å². The predicted molar refractivity (Wildman–Crippen MR) is 64.8 cm³/mol. The average molecular weight is 281 g/mol. The first kappa shape index (κ1) is 15.1. The molecule has 2 heterocycles. The van der Waals surface area contributed by atoms with E-state index in [4.69, 9.17) is 4.74 Å². The zero-order valence-corrected chi connectivity index (χ0v) is 13.4. The summed E-state index contributed by atoms with van der Waals surface area (Å²) in [4.78, 5) is 24.1. The monoisotopic (exact) mass is 281 g/mol. The van der Waals surface area contributed by atoms with Gasteiger partial charge in [0.25, 0.3) is 0 Å². The van der Waals surface area contributed by atoms with Crippen LogP contribution in [-0.2, 0) is 9.59 Å². The maximum absolute atomic E-state index is 11.5. The van der Waals surface area contributed by atoms with Crippen molar-refractivity contribution in [3.63, 3.8) is 0 Å². The van der Waals surface area contributed by atoms with Crippen LogP contribution < -0.4 is 39.4 Å². The van der Waals surface area contributed by atoms with Gasteiger partial charge in [-0.3, -0.25) is 4.79 Å². The number of carbonyl (C=O) groups is 2. The number of amides is 1. The molecule has 0 radical (unpaired) electrons. The number of nitrogens with zero attached hydrogens (tertiary/aromatic N) is 1. The van der Waals surface area contributed by atoms with Gasteiger partial charge < -0.3 is 19.5 Å². The van der Waals surface area contributed by atoms with Crippen LogP contribution in [0.15, 0.2) is 30.0 Å². The van der Waals surface area contributed by atoms with Crippen LogP contribution >= 0.6 is 0 Å². The fraction of sp³-hybridized carbons (Fsp3) is 0.286. The van der Waals surface area contributed by atoms with Gasteiger partial charge in [-0.05, 0) is 29.7 Å². The van der Waals surface area contributed by atoms with Crippen molar-refractivity contribution in [2.75, 3.05) is 7.11 Å². The van der Waals surface area contributed by atoms with E-state index in [1.54, 1.807) is 31.4 Å². The van der Waals surface area contributed by atoms with Crippen LogP contribution in [-0.4, -0.2) is 29.9 Å². The standard InChI is InChI=1S/C14H13NO4.Na/c1-19-10-4-2-8(3-5-10)11-6-9-7-12(16)15(9)13(11)14(17)18;/h2-5,9H,6-7H2,1H3,(H,17,18);/q;+1/p-1/t9-;/m1./s1. The SMILES string of the molecule is COc1ccc(C2=C(C(=O)[O-])N3C(=O)C[C@H]3C2)cc1.[Na+]. The first-order valence-electron chi connectivity index (χ1n) is 6.03. The van der Waals surface area contributed by atoms with Gasteiger partial charge >= 0.3 is 29.6 Å². The largest absolute Gasteiger partial charge is 1.00 e. The number of rotatable bonds is 3. The minimum atomic E-state index is -1.29. The van der Waals surface area contributed by atoms with Crippen molar-refractivity contribution >= 4 is 17.4 Å². The van der Waals surface area contributed by atoms with E-state index in [1.807, 2.05) is 0 Å². The summed E-state index contributed by atoms with van der Waals surface area (Å²) in [7, 11) is 1.57. The van der Waals surface area contributed by atoms with Crippen LogP contribution in [0.5, 0.6) is 5.75 Å². The molecular formula is C14H12NNaO4. The van der Waals surface area contributed by atoms with Gasteiger partial charge in [-0.25, -0.2) is 0 Å². The van der Waals surface area contributed by atoms with E-state index < -0.39 is 5.97 Å². The fourth-order valence-corrected chi connectivity index (χ4v) is 2.70. The molecular weight excluding hydrogens is 269 g/mol. The molecule has 0 spiro atoms. The first-order valence-corrected chi connectivity index (χ1v) is 6.03. The molecule has 1 amide bonds. The molecule has 2 aliphatic heterocycles. The number of β-lactam (4-membered cyclic amide) rings is 1. The molecule has 3 rings (SSSR count). The van der Waals surface area contributed by atoms with E-state index >= 15 is 0 Å². The molecule has 0 unspecified atom stereocenters. The Bertz CT molecular complexity index is 594. The van der Waals surface area contributed by atoms with E-state index in [9.17, 15) is 14.7 Å². The minimum Gasteiger partial charge on any atom is -0.543 e. The molecule has 6 heteroatoms. The maximum atomic E-state index is 11.5. The number of carbonyl (C=O) groups excluding carboxylic acids is 2. The predicted octanol–water partition coefficient (Wildman–Crippen LogP) is -2.84. The number of carboxylic acids is 1. The van der Waals surface area contributed by atoms with Gasteiger partial charge in [0.15, 0.2) is 0 Å². The molecule has 0 aliphatic carbocycles. The average Bonchev–Trinajstić information content (AvgIpc) is 2.72. The molecule has 1 aromatic carbocycles. The maximum Gasteiger partial charge on any atom is 1.00 e. The Hall–Kier alpha value is -1.30. The summed E-state index contributed by atoms with van der Waals surface area (Å²) in [6.07, 6.45) is 0.984. The summed E-state index contributed by atoms with van der Waals surface area (Å²) in [5, 5.41) is 11.3. The summed E-state index contributed by atoms with van der Waals surface area (Å²) in [5.74, 6) is -0.731. The molecule has 98 valence electrons. The van der Waals surface area contributed by atoms with Crippen LogP contribution in [0.1, 0.15) is 18.4 Å². The third-order valence-electron chi connectivity index (χ3n) is 3.64. The topological polar surface area (TPSA) is 69.7 Å². The first-order chi connectivity index (χ1) is 9.11. The number of ether oxygens (including phenoxy) is 1. The smallest absolute Gasteiger partial charge is 0.543 e. The van der Waals surface area contributed by atoms with Crippen molar-refractivity contribution in [1.82, 2.24) is 4.90 Å². The molecule has 20 heavy (non-hydrogen) atoms. The molecule has 0 saturated carbocycles. The second-order valence-corrected chi connectivity index (χ2v) is 4.67. The molecule has 1 saturated heterocycles. The second kappa shape index (κ2) is 5.60. The Morgan fingerprint density at radius 2 is 1.95 bits per heavy atom. The van der Waals surface area contributed by atoms with Gasteiger partial charge in [0, 0.05) is 12.5 Å². The Balaban J connectivity index is 0.00000147. The normalized spacial score (nSPS) is 20.1. The van der Waals surface area contributed by atoms with Crippen LogP contribution in [0, 0.1) is 0 Å². The van der Waals surface area contributed by atoms with Crippen molar-refractivity contribution in [2.24, 2.45) is 0 Å². The van der Waals surface area contributed by atoms with Gasteiger partial charge in [0.05, 0.1) is 18.8 Å². The van der Waals surface area contributed by atoms with E-state index in [1.165, 1.54) is 4.90 Å². The van der Waals surface area contributed by atoms with Crippen molar-refractivity contribution in [3.05, 3.63) is 35.5 Å². The van der Waals surface area contributed by atoms with Crippen LogP contribution in [0.25, 0.3) is 5.57 Å². The Morgan fingerprint density at radius 1 is 1.30 bits per heavy atom. The van der Waals surface area contributed by atoms with Crippen molar-refractivity contribution in [1.29, 1.82) is 0 Å². The molecule has 1 atom stereocenters. The second-order valence-electron chi connectivity index (χ2n) is 4.67. The third kappa shape index (κ3) is 2.26. The third-order valence-corrected chi connectivity index (χ3v) is 3.64. The van der Waals surface area contributed by atoms with Crippen LogP contribution in [0.3, 0.4) is 0 Å². The Kier molecular flexibility index (Phi) is 4.22. The Morgan fingerprint density at radius 3 is 2.45 bits per heavy atom. The van der Waals surface area contributed by atoms with Gasteiger partial charge in [-0.1, -0.05) is 12.1 Å². The summed E-state index contributed by atoms with van der Waals surface area (Å²) < 4.78 is 5.07. The zero-order chi connectivity index (χ0) is 13.6. The number of carboxylic acid groups (broad SMARTS) is 1.